The first-order chi connectivity index (χ1) is 13.1. The summed E-state index contributed by atoms with van der Waals surface area (Å²) >= 11 is 7.76. The number of thioether (sulfide) groups is 1. The largest absolute Gasteiger partial charge is 0.344 e. The Morgan fingerprint density at radius 1 is 1.19 bits per heavy atom. The molecular weight excluding hydrogens is 385 g/mol. The van der Waals surface area contributed by atoms with Crippen molar-refractivity contribution in [3.05, 3.63) is 75.5 Å². The molecule has 2 aromatic rings. The molecule has 0 radical (unpaired) electrons. The summed E-state index contributed by atoms with van der Waals surface area (Å²) in [6.07, 6.45) is 0.202. The number of carbonyl (C=O) groups excluding carboxylic acids is 1. The van der Waals surface area contributed by atoms with Crippen LogP contribution in [0.15, 0.2) is 59.1 Å². The first kappa shape index (κ1) is 17.9. The van der Waals surface area contributed by atoms with Crippen molar-refractivity contribution in [2.45, 2.75) is 12.3 Å². The molecule has 0 saturated carbocycles. The average Bonchev–Trinajstić information content (AvgIpc) is 2.69. The molecule has 4 rings (SSSR count). The van der Waals surface area contributed by atoms with Gasteiger partial charge in [0.1, 0.15) is 5.82 Å². The number of anilines is 1. The first-order valence-electron chi connectivity index (χ1n) is 8.41. The van der Waals surface area contributed by atoms with E-state index in [2.05, 4.69) is 6.07 Å². The lowest BCUT2D eigenvalue weighted by Crippen LogP contribution is -2.47. The summed E-state index contributed by atoms with van der Waals surface area (Å²) in [4.78, 5) is 16.5. The number of rotatable bonds is 2. The molecule has 27 heavy (non-hydrogen) atoms. The molecule has 2 aromatic carbocycles. The summed E-state index contributed by atoms with van der Waals surface area (Å²) in [6.45, 7) is 0.340. The Kier molecular flexibility index (Phi) is 4.81. The van der Waals surface area contributed by atoms with Crippen molar-refractivity contribution in [1.82, 2.24) is 4.90 Å². The van der Waals surface area contributed by atoms with E-state index < -0.39 is 0 Å². The highest BCUT2D eigenvalue weighted by Crippen LogP contribution is 2.44. The zero-order valence-electron chi connectivity index (χ0n) is 14.2. The summed E-state index contributed by atoms with van der Waals surface area (Å²) < 4.78 is 13.2. The molecular formula is C20H15ClFN3OS. The molecule has 136 valence electrons. The first-order valence-corrected chi connectivity index (χ1v) is 9.77. The Morgan fingerprint density at radius 2 is 1.93 bits per heavy atom. The van der Waals surface area contributed by atoms with Crippen LogP contribution in [0.25, 0.3) is 0 Å². The molecule has 1 fully saturated rings. The normalized spacial score (nSPS) is 19.7. The van der Waals surface area contributed by atoms with Crippen molar-refractivity contribution in [2.24, 2.45) is 0 Å². The fraction of sp³-hybridized carbons (Fsp3) is 0.200. The van der Waals surface area contributed by atoms with Crippen LogP contribution in [-0.2, 0) is 4.79 Å². The van der Waals surface area contributed by atoms with Crippen LogP contribution in [0.3, 0.4) is 0 Å². The van der Waals surface area contributed by atoms with Gasteiger partial charge in [-0.1, -0.05) is 41.6 Å². The molecule has 7 heteroatoms. The molecule has 0 aliphatic carbocycles. The van der Waals surface area contributed by atoms with Crippen LogP contribution < -0.4 is 4.90 Å². The van der Waals surface area contributed by atoms with E-state index >= 15 is 0 Å². The summed E-state index contributed by atoms with van der Waals surface area (Å²) in [5, 5.41) is 11.0. The highest BCUT2D eigenvalue weighted by molar-refractivity contribution is 8.03. The van der Waals surface area contributed by atoms with E-state index in [1.807, 2.05) is 23.1 Å². The van der Waals surface area contributed by atoms with Crippen LogP contribution in [0.1, 0.15) is 17.9 Å². The lowest BCUT2D eigenvalue weighted by molar-refractivity contribution is -0.129. The Labute approximate surface area is 165 Å². The van der Waals surface area contributed by atoms with E-state index in [4.69, 9.17) is 11.6 Å². The van der Waals surface area contributed by atoms with Crippen molar-refractivity contribution >= 4 is 35.0 Å². The summed E-state index contributed by atoms with van der Waals surface area (Å²) in [5.74, 6) is -0.0986. The van der Waals surface area contributed by atoms with Gasteiger partial charge in [0.2, 0.25) is 5.91 Å². The summed E-state index contributed by atoms with van der Waals surface area (Å²) in [7, 11) is 0. The molecule has 2 aliphatic heterocycles. The summed E-state index contributed by atoms with van der Waals surface area (Å²) in [6, 6.07) is 15.8. The molecule has 1 saturated heterocycles. The number of allylic oxidation sites excluding steroid dienone is 1. The number of benzene rings is 2. The zero-order chi connectivity index (χ0) is 19.0. The number of carbonyl (C=O) groups is 1. The van der Waals surface area contributed by atoms with Crippen molar-refractivity contribution in [3.63, 3.8) is 0 Å². The molecule has 0 N–H and O–H groups in total. The minimum absolute atomic E-state index is 0.0479. The molecule has 2 heterocycles. The molecule has 2 aliphatic rings. The van der Waals surface area contributed by atoms with Gasteiger partial charge < -0.3 is 4.90 Å². The van der Waals surface area contributed by atoms with E-state index in [0.29, 0.717) is 28.2 Å². The Hall–Kier alpha value is -2.49. The van der Waals surface area contributed by atoms with Crippen molar-refractivity contribution < 1.29 is 9.18 Å². The second-order valence-electron chi connectivity index (χ2n) is 6.36. The van der Waals surface area contributed by atoms with Crippen LogP contribution in [0.2, 0.25) is 5.02 Å². The van der Waals surface area contributed by atoms with Crippen molar-refractivity contribution in [1.29, 1.82) is 5.26 Å². The predicted octanol–water partition coefficient (Wildman–Crippen LogP) is 4.70. The highest BCUT2D eigenvalue weighted by atomic mass is 35.5. The second-order valence-corrected chi connectivity index (χ2v) is 7.70. The number of nitrogens with zero attached hydrogens (tertiary/aromatic N) is 3. The zero-order valence-corrected chi connectivity index (χ0v) is 15.8. The van der Waals surface area contributed by atoms with Gasteiger partial charge in [-0.2, -0.15) is 5.26 Å². The average molecular weight is 400 g/mol. The second kappa shape index (κ2) is 7.26. The number of hydrogen-bond acceptors (Lipinski definition) is 4. The molecule has 0 aromatic heterocycles. The number of amides is 1. The van der Waals surface area contributed by atoms with Crippen molar-refractivity contribution in [2.75, 3.05) is 17.4 Å². The molecule has 0 unspecified atom stereocenters. The fourth-order valence-electron chi connectivity index (χ4n) is 3.40. The molecule has 0 spiro atoms. The highest BCUT2D eigenvalue weighted by Gasteiger charge is 2.38. The van der Waals surface area contributed by atoms with Crippen LogP contribution in [0, 0.1) is 17.1 Å². The molecule has 1 amide bonds. The van der Waals surface area contributed by atoms with E-state index in [0.717, 1.165) is 11.3 Å². The summed E-state index contributed by atoms with van der Waals surface area (Å²) in [5.41, 5.74) is 2.21. The Morgan fingerprint density at radius 3 is 2.63 bits per heavy atom. The van der Waals surface area contributed by atoms with Crippen molar-refractivity contribution in [3.8, 4) is 6.07 Å². The Balaban J connectivity index is 1.68. The molecule has 0 bridgehead atoms. The van der Waals surface area contributed by atoms with Gasteiger partial charge in [0.15, 0.2) is 0 Å². The third kappa shape index (κ3) is 3.29. The van der Waals surface area contributed by atoms with Crippen LogP contribution in [0.5, 0.6) is 0 Å². The van der Waals surface area contributed by atoms with E-state index in [1.165, 1.54) is 23.9 Å². The molecule has 1 atom stereocenters. The third-order valence-electron chi connectivity index (χ3n) is 4.77. The minimum Gasteiger partial charge on any atom is -0.344 e. The van der Waals surface area contributed by atoms with Crippen LogP contribution in [0.4, 0.5) is 10.1 Å². The Bertz CT molecular complexity index is 970. The van der Waals surface area contributed by atoms with Gasteiger partial charge in [-0.3, -0.25) is 9.69 Å². The van der Waals surface area contributed by atoms with Gasteiger partial charge in [0, 0.05) is 23.0 Å². The fourth-order valence-corrected chi connectivity index (χ4v) is 4.84. The van der Waals surface area contributed by atoms with Gasteiger partial charge in [-0.25, -0.2) is 4.39 Å². The van der Waals surface area contributed by atoms with Gasteiger partial charge in [0.25, 0.3) is 0 Å². The van der Waals surface area contributed by atoms with Gasteiger partial charge in [0.05, 0.1) is 29.2 Å². The van der Waals surface area contributed by atoms with Gasteiger partial charge in [-0.05, 0) is 35.9 Å². The maximum atomic E-state index is 13.2. The number of nitriles is 1. The maximum Gasteiger partial charge on any atom is 0.229 e. The third-order valence-corrected chi connectivity index (χ3v) is 6.26. The van der Waals surface area contributed by atoms with E-state index in [1.54, 1.807) is 23.1 Å². The lowest BCUT2D eigenvalue weighted by Gasteiger charge is -2.42. The van der Waals surface area contributed by atoms with Crippen LogP contribution in [-0.4, -0.2) is 23.4 Å². The SMILES string of the molecule is N#CC1=C2SCN(c3ccc(F)cc3)CN2C(=O)C[C@H]1c1ccccc1Cl. The number of fused-ring (bicyclic) bond motifs is 1. The maximum absolute atomic E-state index is 13.2. The predicted molar refractivity (Wildman–Crippen MR) is 104 cm³/mol. The van der Waals surface area contributed by atoms with Crippen LogP contribution >= 0.6 is 23.4 Å². The monoisotopic (exact) mass is 399 g/mol. The number of hydrogen-bond donors (Lipinski definition) is 0. The standard InChI is InChI=1S/C20H15ClFN3OS/c21-18-4-2-1-3-15(18)16-9-19(26)25-11-24(12-27-20(25)17(16)10-23)14-7-5-13(22)6-8-14/h1-8,16H,9,11-12H2/t16-/m0/s1. The topological polar surface area (TPSA) is 47.3 Å². The molecule has 4 nitrogen and oxygen atoms in total. The van der Waals surface area contributed by atoms with E-state index in [-0.39, 0.29) is 24.1 Å². The van der Waals surface area contributed by atoms with E-state index in [9.17, 15) is 14.4 Å². The number of halogens is 2. The quantitative estimate of drug-likeness (QED) is 0.734. The van der Waals surface area contributed by atoms with Gasteiger partial charge in [-0.15, -0.1) is 0 Å². The van der Waals surface area contributed by atoms with Gasteiger partial charge >= 0.3 is 0 Å². The smallest absolute Gasteiger partial charge is 0.229 e. The minimum atomic E-state index is -0.327. The lowest BCUT2D eigenvalue weighted by atomic mass is 9.86.